The van der Waals surface area contributed by atoms with E-state index in [0.29, 0.717) is 12.6 Å². The molecule has 3 rings (SSSR count). The number of hydrogen-bond donors (Lipinski definition) is 2. The fourth-order valence-corrected chi connectivity index (χ4v) is 3.37. The number of rotatable bonds is 5. The minimum absolute atomic E-state index is 0. The van der Waals surface area contributed by atoms with Crippen LogP contribution >= 0.6 is 24.0 Å². The second kappa shape index (κ2) is 11.3. The molecule has 1 unspecified atom stereocenters. The predicted octanol–water partition coefficient (Wildman–Crippen LogP) is 3.92. The molecule has 1 fully saturated rings. The topological polar surface area (TPSA) is 52.6 Å². The molecule has 1 saturated heterocycles. The van der Waals surface area contributed by atoms with Crippen LogP contribution in [0.25, 0.3) is 0 Å². The standard InChI is InChI=1S/C21H27F2N5.HI/c1-15(16-6-7-18(22)19(23)13-16)14-26-21(24-2)27-17-8-11-28(12-9-17)20-5-3-4-10-25-20;/h3-7,10,13,15,17H,8-9,11-12,14H2,1-2H3,(H2,24,26,27);1H. The highest BCUT2D eigenvalue weighted by atomic mass is 127. The van der Waals surface area contributed by atoms with Gasteiger partial charge < -0.3 is 15.5 Å². The van der Waals surface area contributed by atoms with Gasteiger partial charge in [-0.3, -0.25) is 4.99 Å². The van der Waals surface area contributed by atoms with Crippen molar-refractivity contribution < 1.29 is 8.78 Å². The molecule has 1 atom stereocenters. The van der Waals surface area contributed by atoms with Gasteiger partial charge in [0.25, 0.3) is 0 Å². The van der Waals surface area contributed by atoms with Crippen molar-refractivity contribution >= 4 is 35.8 Å². The van der Waals surface area contributed by atoms with E-state index in [1.165, 1.54) is 12.1 Å². The highest BCUT2D eigenvalue weighted by Crippen LogP contribution is 2.18. The Bertz CT molecular complexity index is 795. The summed E-state index contributed by atoms with van der Waals surface area (Å²) in [5.74, 6) is 0.138. The van der Waals surface area contributed by atoms with Crippen LogP contribution in [0, 0.1) is 11.6 Å². The monoisotopic (exact) mass is 515 g/mol. The van der Waals surface area contributed by atoms with Gasteiger partial charge in [-0.15, -0.1) is 24.0 Å². The van der Waals surface area contributed by atoms with Crippen molar-refractivity contribution in [2.75, 3.05) is 31.6 Å². The number of nitrogens with zero attached hydrogens (tertiary/aromatic N) is 3. The van der Waals surface area contributed by atoms with Crippen molar-refractivity contribution in [1.29, 1.82) is 0 Å². The minimum atomic E-state index is -0.821. The smallest absolute Gasteiger partial charge is 0.191 e. The van der Waals surface area contributed by atoms with Crippen molar-refractivity contribution in [2.24, 2.45) is 4.99 Å². The summed E-state index contributed by atoms with van der Waals surface area (Å²) in [7, 11) is 1.74. The summed E-state index contributed by atoms with van der Waals surface area (Å²) >= 11 is 0. The van der Waals surface area contributed by atoms with Gasteiger partial charge in [-0.2, -0.15) is 0 Å². The van der Waals surface area contributed by atoms with Gasteiger partial charge >= 0.3 is 0 Å². The molecule has 2 aromatic rings. The SMILES string of the molecule is CN=C(NCC(C)c1ccc(F)c(F)c1)NC1CCN(c2ccccn2)CC1.I. The summed E-state index contributed by atoms with van der Waals surface area (Å²) in [4.78, 5) is 11.0. The normalized spacial score (nSPS) is 16.1. The summed E-state index contributed by atoms with van der Waals surface area (Å²) in [5, 5.41) is 6.75. The van der Waals surface area contributed by atoms with Crippen LogP contribution in [0.3, 0.4) is 0 Å². The molecular formula is C21H28F2IN5. The Morgan fingerprint density at radius 3 is 2.59 bits per heavy atom. The maximum atomic E-state index is 13.4. The fourth-order valence-electron chi connectivity index (χ4n) is 3.37. The summed E-state index contributed by atoms with van der Waals surface area (Å²) in [6.45, 7) is 4.43. The molecule has 2 N–H and O–H groups in total. The Balaban J connectivity index is 0.00000300. The van der Waals surface area contributed by atoms with Gasteiger partial charge in [-0.05, 0) is 48.6 Å². The molecule has 0 bridgehead atoms. The van der Waals surface area contributed by atoms with Gasteiger partial charge in [-0.1, -0.05) is 19.1 Å². The summed E-state index contributed by atoms with van der Waals surface area (Å²) in [6.07, 6.45) is 3.81. The van der Waals surface area contributed by atoms with E-state index in [0.717, 1.165) is 43.3 Å². The van der Waals surface area contributed by atoms with Crippen LogP contribution in [0.15, 0.2) is 47.6 Å². The van der Waals surface area contributed by atoms with Gasteiger partial charge in [0.2, 0.25) is 0 Å². The molecule has 0 spiro atoms. The van der Waals surface area contributed by atoms with Crippen LogP contribution in [-0.4, -0.2) is 43.7 Å². The Labute approximate surface area is 188 Å². The van der Waals surface area contributed by atoms with E-state index in [9.17, 15) is 8.78 Å². The van der Waals surface area contributed by atoms with E-state index in [1.54, 1.807) is 13.1 Å². The number of aliphatic imine (C=N–C) groups is 1. The van der Waals surface area contributed by atoms with E-state index in [1.807, 2.05) is 31.3 Å². The van der Waals surface area contributed by atoms with E-state index in [2.05, 4.69) is 25.5 Å². The van der Waals surface area contributed by atoms with Crippen molar-refractivity contribution in [2.45, 2.75) is 31.7 Å². The largest absolute Gasteiger partial charge is 0.356 e. The number of pyridine rings is 1. The van der Waals surface area contributed by atoms with Crippen LogP contribution in [0.4, 0.5) is 14.6 Å². The molecule has 29 heavy (non-hydrogen) atoms. The predicted molar refractivity (Wildman–Crippen MR) is 124 cm³/mol. The first-order valence-electron chi connectivity index (χ1n) is 9.65. The van der Waals surface area contributed by atoms with Crippen molar-refractivity contribution in [3.05, 3.63) is 59.8 Å². The minimum Gasteiger partial charge on any atom is -0.356 e. The molecular weight excluding hydrogens is 487 g/mol. The lowest BCUT2D eigenvalue weighted by molar-refractivity contribution is 0.459. The van der Waals surface area contributed by atoms with Crippen molar-refractivity contribution in [1.82, 2.24) is 15.6 Å². The van der Waals surface area contributed by atoms with E-state index in [-0.39, 0.29) is 29.9 Å². The lowest BCUT2D eigenvalue weighted by Gasteiger charge is -2.33. The molecule has 0 aliphatic carbocycles. The molecule has 0 radical (unpaired) electrons. The van der Waals surface area contributed by atoms with Gasteiger partial charge in [0.05, 0.1) is 0 Å². The average Bonchev–Trinajstić information content (AvgIpc) is 2.74. The maximum absolute atomic E-state index is 13.4. The molecule has 8 heteroatoms. The Kier molecular flexibility index (Phi) is 9.06. The number of aromatic nitrogens is 1. The lowest BCUT2D eigenvalue weighted by atomic mass is 10.0. The van der Waals surface area contributed by atoms with Gasteiger partial charge in [0.1, 0.15) is 5.82 Å². The first-order chi connectivity index (χ1) is 13.6. The zero-order chi connectivity index (χ0) is 19.9. The van der Waals surface area contributed by atoms with Crippen LogP contribution in [0.1, 0.15) is 31.2 Å². The average molecular weight is 515 g/mol. The van der Waals surface area contributed by atoms with Gasteiger partial charge in [-0.25, -0.2) is 13.8 Å². The van der Waals surface area contributed by atoms with E-state index in [4.69, 9.17) is 0 Å². The van der Waals surface area contributed by atoms with Gasteiger partial charge in [0.15, 0.2) is 17.6 Å². The Morgan fingerprint density at radius 1 is 1.21 bits per heavy atom. The number of guanidine groups is 1. The number of nitrogens with one attached hydrogen (secondary N) is 2. The molecule has 0 amide bonds. The Morgan fingerprint density at radius 2 is 1.97 bits per heavy atom. The van der Waals surface area contributed by atoms with E-state index < -0.39 is 11.6 Å². The first-order valence-corrected chi connectivity index (χ1v) is 9.65. The summed E-state index contributed by atoms with van der Waals surface area (Å²) in [5.41, 5.74) is 0.755. The van der Waals surface area contributed by atoms with Crippen LogP contribution in [0.5, 0.6) is 0 Å². The third-order valence-corrected chi connectivity index (χ3v) is 5.12. The molecule has 1 aromatic heterocycles. The number of piperidine rings is 1. The van der Waals surface area contributed by atoms with Crippen LogP contribution < -0.4 is 15.5 Å². The molecule has 5 nitrogen and oxygen atoms in total. The molecule has 2 heterocycles. The molecule has 1 aliphatic rings. The van der Waals surface area contributed by atoms with Crippen molar-refractivity contribution in [3.63, 3.8) is 0 Å². The number of hydrogen-bond acceptors (Lipinski definition) is 3. The molecule has 0 saturated carbocycles. The second-order valence-corrected chi connectivity index (χ2v) is 7.12. The van der Waals surface area contributed by atoms with Crippen LogP contribution in [-0.2, 0) is 0 Å². The summed E-state index contributed by atoms with van der Waals surface area (Å²) in [6, 6.07) is 10.4. The number of anilines is 1. The highest BCUT2D eigenvalue weighted by molar-refractivity contribution is 14.0. The fraction of sp³-hybridized carbons (Fsp3) is 0.429. The van der Waals surface area contributed by atoms with Crippen molar-refractivity contribution in [3.8, 4) is 0 Å². The zero-order valence-electron chi connectivity index (χ0n) is 16.7. The molecule has 1 aromatic carbocycles. The van der Waals surface area contributed by atoms with Gasteiger partial charge in [0, 0.05) is 38.9 Å². The lowest BCUT2D eigenvalue weighted by Crippen LogP contribution is -2.49. The number of benzene rings is 1. The first kappa shape index (κ1) is 23.3. The maximum Gasteiger partial charge on any atom is 0.191 e. The zero-order valence-corrected chi connectivity index (χ0v) is 19.1. The van der Waals surface area contributed by atoms with E-state index >= 15 is 0 Å². The van der Waals surface area contributed by atoms with Crippen LogP contribution in [0.2, 0.25) is 0 Å². The summed E-state index contributed by atoms with van der Waals surface area (Å²) < 4.78 is 26.5. The third kappa shape index (κ3) is 6.52. The third-order valence-electron chi connectivity index (χ3n) is 5.12. The number of halogens is 3. The molecule has 1 aliphatic heterocycles. The molecule has 158 valence electrons. The Hall–Kier alpha value is -1.97. The highest BCUT2D eigenvalue weighted by Gasteiger charge is 2.21. The quantitative estimate of drug-likeness (QED) is 0.360. The second-order valence-electron chi connectivity index (χ2n) is 7.12.